The Bertz CT molecular complexity index is 1170. The van der Waals surface area contributed by atoms with E-state index in [-0.39, 0.29) is 17.9 Å². The zero-order chi connectivity index (χ0) is 23.4. The molecule has 1 aliphatic heterocycles. The van der Waals surface area contributed by atoms with Gasteiger partial charge in [-0.05, 0) is 49.7 Å². The summed E-state index contributed by atoms with van der Waals surface area (Å²) < 4.78 is 16.6. The topological polar surface area (TPSA) is 102 Å². The molecular weight excluding hydrogens is 424 g/mol. The Labute approximate surface area is 191 Å². The van der Waals surface area contributed by atoms with Gasteiger partial charge in [0, 0.05) is 18.5 Å². The van der Waals surface area contributed by atoms with E-state index in [1.807, 2.05) is 13.8 Å². The number of aromatic nitrogens is 1. The number of carbonyl (C=O) groups is 2. The van der Waals surface area contributed by atoms with Gasteiger partial charge in [-0.3, -0.25) is 14.6 Å². The number of hydrogen-bond donors (Lipinski definition) is 1. The summed E-state index contributed by atoms with van der Waals surface area (Å²) >= 11 is 0. The van der Waals surface area contributed by atoms with E-state index in [2.05, 4.69) is 4.98 Å². The van der Waals surface area contributed by atoms with Crippen molar-refractivity contribution in [2.45, 2.75) is 26.4 Å². The number of amides is 1. The number of hydrogen-bond acceptors (Lipinski definition) is 7. The van der Waals surface area contributed by atoms with Crippen molar-refractivity contribution < 1.29 is 28.6 Å². The number of likely N-dealkylation sites (tertiary alicyclic amines) is 1. The zero-order valence-corrected chi connectivity index (χ0v) is 18.4. The molecule has 0 radical (unpaired) electrons. The number of ketones is 1. The number of rotatable bonds is 8. The minimum absolute atomic E-state index is 0.0373. The summed E-state index contributed by atoms with van der Waals surface area (Å²) in [6.07, 6.45) is 4.67. The van der Waals surface area contributed by atoms with E-state index in [0.717, 1.165) is 0 Å². The molecule has 8 nitrogen and oxygen atoms in total. The van der Waals surface area contributed by atoms with E-state index in [1.165, 1.54) is 11.2 Å². The van der Waals surface area contributed by atoms with Crippen LogP contribution in [0.5, 0.6) is 11.5 Å². The minimum atomic E-state index is -0.843. The molecule has 33 heavy (non-hydrogen) atoms. The predicted octanol–water partition coefficient (Wildman–Crippen LogP) is 4.09. The van der Waals surface area contributed by atoms with Gasteiger partial charge in [-0.2, -0.15) is 0 Å². The Kier molecular flexibility index (Phi) is 6.44. The molecule has 1 fully saturated rings. The molecular formula is C25H24N2O6. The van der Waals surface area contributed by atoms with Gasteiger partial charge in [-0.25, -0.2) is 0 Å². The average Bonchev–Trinajstić information content (AvgIpc) is 3.42. The van der Waals surface area contributed by atoms with Crippen molar-refractivity contribution in [1.29, 1.82) is 0 Å². The van der Waals surface area contributed by atoms with E-state index < -0.39 is 17.7 Å². The molecule has 1 aliphatic rings. The number of carbonyl (C=O) groups excluding carboxylic acids is 2. The van der Waals surface area contributed by atoms with Crippen molar-refractivity contribution in [2.24, 2.45) is 0 Å². The number of Topliss-reactive ketones (excluding diaryl/α,β-unsaturated/α-hetero) is 1. The van der Waals surface area contributed by atoms with Gasteiger partial charge >= 0.3 is 0 Å². The Morgan fingerprint density at radius 3 is 2.61 bits per heavy atom. The second kappa shape index (κ2) is 9.60. The van der Waals surface area contributed by atoms with Gasteiger partial charge in [0.05, 0.1) is 43.2 Å². The molecule has 3 heterocycles. The number of pyridine rings is 1. The lowest BCUT2D eigenvalue weighted by atomic mass is 9.96. The van der Waals surface area contributed by atoms with Gasteiger partial charge in [0.1, 0.15) is 23.0 Å². The van der Waals surface area contributed by atoms with E-state index in [9.17, 15) is 14.7 Å². The van der Waals surface area contributed by atoms with Crippen LogP contribution in [0, 0.1) is 0 Å². The van der Waals surface area contributed by atoms with Crippen LogP contribution in [0.3, 0.4) is 0 Å². The summed E-state index contributed by atoms with van der Waals surface area (Å²) in [5.41, 5.74) is 0.851. The number of nitrogens with zero attached hydrogens (tertiary/aromatic N) is 2. The maximum absolute atomic E-state index is 13.2. The maximum Gasteiger partial charge on any atom is 0.296 e. The van der Waals surface area contributed by atoms with Crippen LogP contribution in [0.1, 0.15) is 36.8 Å². The van der Waals surface area contributed by atoms with Crippen molar-refractivity contribution in [1.82, 2.24) is 9.88 Å². The molecule has 1 aromatic carbocycles. The summed E-state index contributed by atoms with van der Waals surface area (Å²) in [6, 6.07) is 11.0. The Balaban J connectivity index is 1.86. The van der Waals surface area contributed by atoms with E-state index in [1.54, 1.807) is 54.9 Å². The molecule has 170 valence electrons. The molecule has 0 bridgehead atoms. The molecule has 3 aromatic rings. The standard InChI is InChI=1S/C25H24N2O6/c1-3-31-17-9-10-19(20(13-17)32-4-2)23(28)21-22(16-7-5-11-26-14-16)27(25(30)24(21)29)15-18-8-6-12-33-18/h5-14,22,28H,3-4,15H2,1-2H3/b23-21-. The predicted molar refractivity (Wildman–Crippen MR) is 120 cm³/mol. The second-order valence-corrected chi connectivity index (χ2v) is 7.32. The van der Waals surface area contributed by atoms with Crippen molar-refractivity contribution in [3.63, 3.8) is 0 Å². The van der Waals surface area contributed by atoms with Gasteiger partial charge in [-0.1, -0.05) is 6.07 Å². The Hall–Kier alpha value is -4.07. The first-order chi connectivity index (χ1) is 16.0. The summed E-state index contributed by atoms with van der Waals surface area (Å²) in [5.74, 6) is -0.407. The van der Waals surface area contributed by atoms with Gasteiger partial charge in [-0.15, -0.1) is 0 Å². The van der Waals surface area contributed by atoms with Gasteiger partial charge in [0.2, 0.25) is 0 Å². The fraction of sp³-hybridized carbons (Fsp3) is 0.240. The van der Waals surface area contributed by atoms with Crippen LogP contribution in [0.2, 0.25) is 0 Å². The quantitative estimate of drug-likeness (QED) is 0.314. The average molecular weight is 448 g/mol. The first-order valence-electron chi connectivity index (χ1n) is 10.7. The van der Waals surface area contributed by atoms with Crippen LogP contribution in [-0.2, 0) is 16.1 Å². The Morgan fingerprint density at radius 1 is 1.12 bits per heavy atom. The summed E-state index contributed by atoms with van der Waals surface area (Å²) in [7, 11) is 0. The summed E-state index contributed by atoms with van der Waals surface area (Å²) in [4.78, 5) is 31.7. The monoisotopic (exact) mass is 448 g/mol. The molecule has 1 atom stereocenters. The molecule has 1 N–H and O–H groups in total. The van der Waals surface area contributed by atoms with E-state index in [0.29, 0.717) is 41.6 Å². The van der Waals surface area contributed by atoms with Crippen LogP contribution in [0.15, 0.2) is 71.1 Å². The van der Waals surface area contributed by atoms with Crippen LogP contribution in [0.25, 0.3) is 5.76 Å². The Morgan fingerprint density at radius 2 is 1.94 bits per heavy atom. The minimum Gasteiger partial charge on any atom is -0.507 e. The molecule has 1 unspecified atom stereocenters. The van der Waals surface area contributed by atoms with Gasteiger partial charge in [0.15, 0.2) is 0 Å². The van der Waals surface area contributed by atoms with Crippen LogP contribution >= 0.6 is 0 Å². The van der Waals surface area contributed by atoms with E-state index in [4.69, 9.17) is 13.9 Å². The molecule has 0 aliphatic carbocycles. The highest BCUT2D eigenvalue weighted by Gasteiger charge is 2.46. The van der Waals surface area contributed by atoms with Crippen molar-refractivity contribution in [3.8, 4) is 11.5 Å². The molecule has 4 rings (SSSR count). The highest BCUT2D eigenvalue weighted by molar-refractivity contribution is 6.46. The third kappa shape index (κ3) is 4.32. The SMILES string of the molecule is CCOc1ccc(/C(O)=C2/C(=O)C(=O)N(Cc3ccco3)C2c2cccnc2)c(OCC)c1. The fourth-order valence-electron chi connectivity index (χ4n) is 3.87. The van der Waals surface area contributed by atoms with Crippen molar-refractivity contribution in [3.05, 3.63) is 83.6 Å². The molecule has 8 heteroatoms. The number of aliphatic hydroxyl groups excluding tert-OH is 1. The molecule has 1 amide bonds. The highest BCUT2D eigenvalue weighted by atomic mass is 16.5. The fourth-order valence-corrected chi connectivity index (χ4v) is 3.87. The normalized spacial score (nSPS) is 17.4. The zero-order valence-electron chi connectivity index (χ0n) is 18.4. The number of furan rings is 1. The number of ether oxygens (including phenoxy) is 2. The molecule has 0 saturated carbocycles. The van der Waals surface area contributed by atoms with Crippen LogP contribution in [0.4, 0.5) is 0 Å². The lowest BCUT2D eigenvalue weighted by Crippen LogP contribution is -2.29. The second-order valence-electron chi connectivity index (χ2n) is 7.32. The van der Waals surface area contributed by atoms with Crippen molar-refractivity contribution >= 4 is 17.4 Å². The smallest absolute Gasteiger partial charge is 0.296 e. The third-order valence-corrected chi connectivity index (χ3v) is 5.27. The summed E-state index contributed by atoms with van der Waals surface area (Å²) in [6.45, 7) is 4.55. The number of aliphatic hydroxyl groups is 1. The first kappa shape index (κ1) is 22.1. The highest BCUT2D eigenvalue weighted by Crippen LogP contribution is 2.42. The van der Waals surface area contributed by atoms with Gasteiger partial charge < -0.3 is 23.9 Å². The van der Waals surface area contributed by atoms with Crippen LogP contribution < -0.4 is 9.47 Å². The van der Waals surface area contributed by atoms with E-state index >= 15 is 0 Å². The molecule has 1 saturated heterocycles. The van der Waals surface area contributed by atoms with Crippen molar-refractivity contribution in [2.75, 3.05) is 13.2 Å². The number of benzene rings is 1. The summed E-state index contributed by atoms with van der Waals surface area (Å²) in [5, 5.41) is 11.3. The third-order valence-electron chi connectivity index (χ3n) is 5.27. The molecule has 2 aromatic heterocycles. The lowest BCUT2D eigenvalue weighted by Gasteiger charge is -2.24. The maximum atomic E-state index is 13.2. The van der Waals surface area contributed by atoms with Gasteiger partial charge in [0.25, 0.3) is 11.7 Å². The lowest BCUT2D eigenvalue weighted by molar-refractivity contribution is -0.140. The van der Waals surface area contributed by atoms with Crippen LogP contribution in [-0.4, -0.2) is 39.9 Å². The molecule has 0 spiro atoms. The first-order valence-corrected chi connectivity index (χ1v) is 10.7. The largest absolute Gasteiger partial charge is 0.507 e.